The Labute approximate surface area is 162 Å². The molecule has 2 nitrogen and oxygen atoms in total. The minimum atomic E-state index is -0.358. The molecule has 0 bridgehead atoms. The van der Waals surface area contributed by atoms with Gasteiger partial charge in [0.05, 0.1) is 5.02 Å². The zero-order chi connectivity index (χ0) is 18.5. The highest BCUT2D eigenvalue weighted by molar-refractivity contribution is 6.31. The average Bonchev–Trinajstić information content (AvgIpc) is 2.62. The van der Waals surface area contributed by atoms with Gasteiger partial charge in [0, 0.05) is 22.8 Å². The minimum absolute atomic E-state index is 0.281. The van der Waals surface area contributed by atoms with Crippen molar-refractivity contribution in [3.05, 3.63) is 93.2 Å². The van der Waals surface area contributed by atoms with Crippen LogP contribution in [0, 0.1) is 12.7 Å². The molecule has 0 spiro atoms. The van der Waals surface area contributed by atoms with Crippen LogP contribution in [-0.2, 0) is 13.2 Å². The first-order valence-corrected chi connectivity index (χ1v) is 8.92. The number of rotatable bonds is 6. The summed E-state index contributed by atoms with van der Waals surface area (Å²) in [6.45, 7) is 2.90. The number of halogens is 3. The van der Waals surface area contributed by atoms with E-state index in [1.807, 2.05) is 49.4 Å². The van der Waals surface area contributed by atoms with Crippen LogP contribution >= 0.6 is 23.2 Å². The van der Waals surface area contributed by atoms with Crippen molar-refractivity contribution in [2.24, 2.45) is 0 Å². The van der Waals surface area contributed by atoms with Gasteiger partial charge in [-0.05, 0) is 54.4 Å². The third kappa shape index (κ3) is 4.90. The summed E-state index contributed by atoms with van der Waals surface area (Å²) in [5.74, 6) is 0.370. The third-order valence-electron chi connectivity index (χ3n) is 3.98. The van der Waals surface area contributed by atoms with Crippen LogP contribution in [-0.4, -0.2) is 0 Å². The molecule has 5 heteroatoms. The molecular formula is C21H18Cl2FNO. The van der Waals surface area contributed by atoms with Crippen LogP contribution in [0.5, 0.6) is 5.75 Å². The highest BCUT2D eigenvalue weighted by Crippen LogP contribution is 2.23. The first kappa shape index (κ1) is 18.6. The van der Waals surface area contributed by atoms with Crippen molar-refractivity contribution in [1.29, 1.82) is 0 Å². The number of hydrogen-bond acceptors (Lipinski definition) is 2. The van der Waals surface area contributed by atoms with Crippen molar-refractivity contribution in [3.63, 3.8) is 0 Å². The van der Waals surface area contributed by atoms with E-state index in [1.54, 1.807) is 6.07 Å². The maximum absolute atomic E-state index is 13.1. The number of hydrogen-bond donors (Lipinski definition) is 1. The average molecular weight is 390 g/mol. The quantitative estimate of drug-likeness (QED) is 0.510. The van der Waals surface area contributed by atoms with Crippen molar-refractivity contribution >= 4 is 28.9 Å². The molecule has 3 aromatic rings. The maximum Gasteiger partial charge on any atom is 0.124 e. The van der Waals surface area contributed by atoms with E-state index < -0.39 is 0 Å². The van der Waals surface area contributed by atoms with Crippen LogP contribution in [0.25, 0.3) is 0 Å². The Hall–Kier alpha value is -2.23. The Morgan fingerprint density at radius 3 is 2.58 bits per heavy atom. The molecular weight excluding hydrogens is 372 g/mol. The summed E-state index contributed by atoms with van der Waals surface area (Å²) in [5.41, 5.74) is 3.83. The van der Waals surface area contributed by atoms with Gasteiger partial charge in [-0.25, -0.2) is 4.39 Å². The molecule has 0 aliphatic rings. The van der Waals surface area contributed by atoms with Crippen molar-refractivity contribution in [1.82, 2.24) is 0 Å². The Bertz CT molecular complexity index is 914. The van der Waals surface area contributed by atoms with E-state index in [0.717, 1.165) is 33.1 Å². The fourth-order valence-corrected chi connectivity index (χ4v) is 2.85. The molecule has 134 valence electrons. The van der Waals surface area contributed by atoms with Gasteiger partial charge in [-0.15, -0.1) is 0 Å². The summed E-state index contributed by atoms with van der Waals surface area (Å²) >= 11 is 12.2. The van der Waals surface area contributed by atoms with Gasteiger partial charge in [0.25, 0.3) is 0 Å². The van der Waals surface area contributed by atoms with Gasteiger partial charge < -0.3 is 10.1 Å². The lowest BCUT2D eigenvalue weighted by molar-refractivity contribution is 0.306. The van der Waals surface area contributed by atoms with Gasteiger partial charge in [-0.3, -0.25) is 0 Å². The molecule has 0 aliphatic carbocycles. The van der Waals surface area contributed by atoms with E-state index in [1.165, 1.54) is 12.1 Å². The van der Waals surface area contributed by atoms with Crippen LogP contribution in [0.15, 0.2) is 60.7 Å². The molecule has 3 aromatic carbocycles. The third-order valence-corrected chi connectivity index (χ3v) is 4.74. The predicted molar refractivity (Wildman–Crippen MR) is 106 cm³/mol. The van der Waals surface area contributed by atoms with Gasteiger partial charge in [-0.2, -0.15) is 0 Å². The highest BCUT2D eigenvalue weighted by Gasteiger charge is 2.04. The fourth-order valence-electron chi connectivity index (χ4n) is 2.45. The number of ether oxygens (including phenoxy) is 1. The summed E-state index contributed by atoms with van der Waals surface area (Å²) in [7, 11) is 0. The maximum atomic E-state index is 13.1. The van der Waals surface area contributed by atoms with Crippen LogP contribution in [0.4, 0.5) is 10.1 Å². The zero-order valence-electron chi connectivity index (χ0n) is 14.2. The van der Waals surface area contributed by atoms with E-state index in [0.29, 0.717) is 11.6 Å². The van der Waals surface area contributed by atoms with Crippen molar-refractivity contribution in [2.75, 3.05) is 5.32 Å². The van der Waals surface area contributed by atoms with Gasteiger partial charge in [0.2, 0.25) is 0 Å². The molecule has 3 rings (SSSR count). The fraction of sp³-hybridized carbons (Fsp3) is 0.143. The van der Waals surface area contributed by atoms with Gasteiger partial charge in [-0.1, -0.05) is 47.5 Å². The smallest absolute Gasteiger partial charge is 0.124 e. The van der Waals surface area contributed by atoms with E-state index in [9.17, 15) is 4.39 Å². The summed E-state index contributed by atoms with van der Waals surface area (Å²) in [5, 5.41) is 4.44. The molecule has 0 saturated carbocycles. The Morgan fingerprint density at radius 2 is 1.81 bits per heavy atom. The molecule has 0 unspecified atom stereocenters. The van der Waals surface area contributed by atoms with Gasteiger partial charge in [0.1, 0.15) is 18.2 Å². The lowest BCUT2D eigenvalue weighted by atomic mass is 10.2. The topological polar surface area (TPSA) is 21.3 Å². The molecule has 0 amide bonds. The first-order chi connectivity index (χ1) is 12.5. The van der Waals surface area contributed by atoms with Gasteiger partial charge in [0.15, 0.2) is 0 Å². The van der Waals surface area contributed by atoms with E-state index in [4.69, 9.17) is 27.9 Å². The Kier molecular flexibility index (Phi) is 6.02. The monoisotopic (exact) mass is 389 g/mol. The largest absolute Gasteiger partial charge is 0.489 e. The van der Waals surface area contributed by atoms with Crippen LogP contribution in [0.2, 0.25) is 10.0 Å². The standard InChI is InChI=1S/C21H18Cl2FNO/c1-14-5-8-18(11-20(14)22)25-12-15-3-2-4-19(9-15)26-13-16-6-7-17(24)10-21(16)23/h2-11,25H,12-13H2,1H3. The number of anilines is 1. The number of aryl methyl sites for hydroxylation is 1. The van der Waals surface area contributed by atoms with Crippen LogP contribution < -0.4 is 10.1 Å². The van der Waals surface area contributed by atoms with Gasteiger partial charge >= 0.3 is 0 Å². The zero-order valence-corrected chi connectivity index (χ0v) is 15.7. The van der Waals surface area contributed by atoms with Crippen molar-refractivity contribution < 1.29 is 9.13 Å². The number of nitrogens with one attached hydrogen (secondary N) is 1. The van der Waals surface area contributed by atoms with E-state index >= 15 is 0 Å². The van der Waals surface area contributed by atoms with Crippen LogP contribution in [0.3, 0.4) is 0 Å². The first-order valence-electron chi connectivity index (χ1n) is 8.17. The van der Waals surface area contributed by atoms with E-state index in [-0.39, 0.29) is 12.4 Å². The molecule has 0 heterocycles. The molecule has 26 heavy (non-hydrogen) atoms. The normalized spacial score (nSPS) is 10.6. The second kappa shape index (κ2) is 8.43. The second-order valence-electron chi connectivity index (χ2n) is 5.99. The molecule has 0 aromatic heterocycles. The van der Waals surface area contributed by atoms with Crippen molar-refractivity contribution in [3.8, 4) is 5.75 Å². The SMILES string of the molecule is Cc1ccc(NCc2cccc(OCc3ccc(F)cc3Cl)c2)cc1Cl. The summed E-state index contributed by atoms with van der Waals surface area (Å²) in [6, 6.07) is 18.0. The molecule has 1 N–H and O–H groups in total. The molecule has 0 atom stereocenters. The second-order valence-corrected chi connectivity index (χ2v) is 6.80. The summed E-state index contributed by atoms with van der Waals surface area (Å²) in [6.07, 6.45) is 0. The summed E-state index contributed by atoms with van der Waals surface area (Å²) in [4.78, 5) is 0. The minimum Gasteiger partial charge on any atom is -0.489 e. The summed E-state index contributed by atoms with van der Waals surface area (Å²) < 4.78 is 18.9. The lowest BCUT2D eigenvalue weighted by Crippen LogP contribution is -2.01. The molecule has 0 fully saturated rings. The number of benzene rings is 3. The highest BCUT2D eigenvalue weighted by atomic mass is 35.5. The van der Waals surface area contributed by atoms with E-state index in [2.05, 4.69) is 5.32 Å². The lowest BCUT2D eigenvalue weighted by Gasteiger charge is -2.11. The van der Waals surface area contributed by atoms with Crippen LogP contribution in [0.1, 0.15) is 16.7 Å². The molecule has 0 radical (unpaired) electrons. The molecule has 0 saturated heterocycles. The van der Waals surface area contributed by atoms with Crippen molar-refractivity contribution in [2.45, 2.75) is 20.1 Å². The Balaban J connectivity index is 1.61. The predicted octanol–water partition coefficient (Wildman–Crippen LogP) is 6.63. The Morgan fingerprint density at radius 1 is 0.962 bits per heavy atom. The molecule has 0 aliphatic heterocycles.